The number of hydrogen-bond donors (Lipinski definition) is 2. The van der Waals surface area contributed by atoms with E-state index < -0.39 is 13.4 Å². The smallest absolute Gasteiger partial charge is 0.457 e. The Hall–Kier alpha value is -3.89. The van der Waals surface area contributed by atoms with E-state index >= 15 is 0 Å². The number of anilines is 1. The Morgan fingerprint density at radius 1 is 0.727 bits per heavy atom. The molecule has 4 rings (SSSR count). The highest BCUT2D eigenvalue weighted by Gasteiger charge is 2.41. The normalized spacial score (nSPS) is 11.9. The van der Waals surface area contributed by atoms with Crippen LogP contribution in [0.3, 0.4) is 0 Å². The van der Waals surface area contributed by atoms with Crippen LogP contribution in [0, 0.1) is 0 Å². The van der Waals surface area contributed by atoms with Crippen LogP contribution in [0.15, 0.2) is 109 Å². The van der Waals surface area contributed by atoms with E-state index in [4.69, 9.17) is 13.8 Å². The van der Waals surface area contributed by atoms with Crippen LogP contribution in [-0.4, -0.2) is 12.2 Å². The Morgan fingerprint density at radius 2 is 1.27 bits per heavy atom. The number of para-hydroxylation sites is 4. The molecule has 33 heavy (non-hydrogen) atoms. The average molecular weight is 461 g/mol. The standard InChI is InChI=1S/C26H24NO5P/c1-30-23-16-10-11-20(19-23)26(27-24-17-8-9-18-25(24)28)33(29,31-21-12-4-2-5-13-21)32-22-14-6-3-7-15-22/h2-19,26-28H,1H3. The quantitative estimate of drug-likeness (QED) is 0.209. The number of phenolic OH excluding ortho intramolecular Hbond substituents is 1. The zero-order valence-corrected chi connectivity index (χ0v) is 18.9. The second-order valence-corrected chi connectivity index (χ2v) is 9.15. The molecule has 0 fully saturated rings. The van der Waals surface area contributed by atoms with Gasteiger partial charge in [0.05, 0.1) is 12.8 Å². The van der Waals surface area contributed by atoms with Crippen molar-refractivity contribution in [2.24, 2.45) is 0 Å². The number of ether oxygens (including phenoxy) is 1. The lowest BCUT2D eigenvalue weighted by atomic mass is 10.2. The molecule has 2 N–H and O–H groups in total. The van der Waals surface area contributed by atoms with Crippen LogP contribution < -0.4 is 19.1 Å². The molecule has 168 valence electrons. The van der Waals surface area contributed by atoms with E-state index in [1.54, 1.807) is 104 Å². The van der Waals surface area contributed by atoms with E-state index in [-0.39, 0.29) is 5.75 Å². The summed E-state index contributed by atoms with van der Waals surface area (Å²) in [7, 11) is -2.43. The van der Waals surface area contributed by atoms with Gasteiger partial charge >= 0.3 is 7.60 Å². The zero-order chi connectivity index (χ0) is 23.1. The minimum Gasteiger partial charge on any atom is -0.506 e. The van der Waals surface area contributed by atoms with Crippen molar-refractivity contribution in [3.63, 3.8) is 0 Å². The van der Waals surface area contributed by atoms with Gasteiger partial charge in [0.15, 0.2) is 5.78 Å². The molecule has 0 aliphatic heterocycles. The Balaban J connectivity index is 1.83. The first-order valence-electron chi connectivity index (χ1n) is 10.3. The van der Waals surface area contributed by atoms with Crippen molar-refractivity contribution in [3.05, 3.63) is 115 Å². The summed E-state index contributed by atoms with van der Waals surface area (Å²) in [4.78, 5) is 0. The molecular weight excluding hydrogens is 437 g/mol. The Morgan fingerprint density at radius 3 is 1.85 bits per heavy atom. The van der Waals surface area contributed by atoms with E-state index in [9.17, 15) is 9.67 Å². The highest BCUT2D eigenvalue weighted by atomic mass is 31.2. The minimum absolute atomic E-state index is 0.0105. The second-order valence-electron chi connectivity index (χ2n) is 7.19. The predicted molar refractivity (Wildman–Crippen MR) is 129 cm³/mol. The summed E-state index contributed by atoms with van der Waals surface area (Å²) in [5.74, 6) is 0.410. The summed E-state index contributed by atoms with van der Waals surface area (Å²) in [6.45, 7) is 0. The topological polar surface area (TPSA) is 77.0 Å². The molecule has 0 amide bonds. The van der Waals surface area contributed by atoms with Crippen LogP contribution in [0.25, 0.3) is 0 Å². The van der Waals surface area contributed by atoms with Gasteiger partial charge in [0, 0.05) is 0 Å². The number of aromatic hydroxyl groups is 1. The maximum absolute atomic E-state index is 14.5. The first-order chi connectivity index (χ1) is 16.1. The summed E-state index contributed by atoms with van der Waals surface area (Å²) in [6.07, 6.45) is 0. The molecule has 0 spiro atoms. The van der Waals surface area contributed by atoms with E-state index in [0.29, 0.717) is 28.5 Å². The Bertz CT molecular complexity index is 1190. The van der Waals surface area contributed by atoms with Crippen molar-refractivity contribution >= 4 is 13.3 Å². The molecule has 7 heteroatoms. The van der Waals surface area contributed by atoms with Gasteiger partial charge in [-0.3, -0.25) is 0 Å². The molecular formula is C26H24NO5P. The fraction of sp³-hybridized carbons (Fsp3) is 0.0769. The van der Waals surface area contributed by atoms with Gasteiger partial charge in [0.1, 0.15) is 23.0 Å². The Labute approximate surface area is 192 Å². The molecule has 0 bridgehead atoms. The van der Waals surface area contributed by atoms with Crippen molar-refractivity contribution in [2.45, 2.75) is 5.78 Å². The van der Waals surface area contributed by atoms with Crippen molar-refractivity contribution in [1.29, 1.82) is 0 Å². The molecule has 0 radical (unpaired) electrons. The number of hydrogen-bond acceptors (Lipinski definition) is 6. The van der Waals surface area contributed by atoms with Crippen molar-refractivity contribution in [1.82, 2.24) is 0 Å². The van der Waals surface area contributed by atoms with Crippen LogP contribution in [0.1, 0.15) is 11.3 Å². The first-order valence-corrected chi connectivity index (χ1v) is 12.0. The van der Waals surface area contributed by atoms with Crippen molar-refractivity contribution in [3.8, 4) is 23.0 Å². The molecule has 4 aromatic rings. The number of methoxy groups -OCH3 is 1. The summed E-state index contributed by atoms with van der Waals surface area (Å²) in [5, 5.41) is 13.6. The number of nitrogens with one attached hydrogen (secondary N) is 1. The lowest BCUT2D eigenvalue weighted by molar-refractivity contribution is 0.375. The second kappa shape index (κ2) is 10.2. The van der Waals surface area contributed by atoms with Crippen LogP contribution in [0.4, 0.5) is 5.69 Å². The van der Waals surface area contributed by atoms with Gasteiger partial charge in [0.25, 0.3) is 0 Å². The Kier molecular flexibility index (Phi) is 6.86. The van der Waals surface area contributed by atoms with Crippen LogP contribution in [0.5, 0.6) is 23.0 Å². The SMILES string of the molecule is COc1cccc(C(Nc2ccccc2O)P(=O)(Oc2ccccc2)Oc2ccccc2)c1. The monoisotopic (exact) mass is 461 g/mol. The maximum Gasteiger partial charge on any atom is 0.457 e. The van der Waals surface area contributed by atoms with Crippen molar-refractivity contribution < 1.29 is 23.5 Å². The molecule has 0 aliphatic carbocycles. The molecule has 0 aromatic heterocycles. The number of rotatable bonds is 9. The molecule has 0 saturated heterocycles. The van der Waals surface area contributed by atoms with Gasteiger partial charge in [-0.05, 0) is 54.1 Å². The molecule has 0 aliphatic rings. The number of benzene rings is 4. The lowest BCUT2D eigenvalue weighted by Crippen LogP contribution is -2.18. The van der Waals surface area contributed by atoms with Crippen LogP contribution in [0.2, 0.25) is 0 Å². The molecule has 1 unspecified atom stereocenters. The summed E-state index contributed by atoms with van der Waals surface area (Å²) >= 11 is 0. The van der Waals surface area contributed by atoms with Gasteiger partial charge in [-0.25, -0.2) is 4.57 Å². The van der Waals surface area contributed by atoms with E-state index in [2.05, 4.69) is 5.32 Å². The third-order valence-electron chi connectivity index (χ3n) is 4.87. The summed E-state index contributed by atoms with van der Waals surface area (Å²) in [6, 6.07) is 31.6. The van der Waals surface area contributed by atoms with Gasteiger partial charge in [-0.2, -0.15) is 0 Å². The summed E-state index contributed by atoms with van der Waals surface area (Å²) < 4.78 is 32.0. The van der Waals surface area contributed by atoms with Gasteiger partial charge < -0.3 is 24.2 Å². The van der Waals surface area contributed by atoms with Crippen LogP contribution in [-0.2, 0) is 4.57 Å². The third kappa shape index (κ3) is 5.48. The fourth-order valence-corrected chi connectivity index (χ4v) is 5.18. The molecule has 1 atom stereocenters. The van der Waals surface area contributed by atoms with Gasteiger partial charge in [-0.15, -0.1) is 0 Å². The van der Waals surface area contributed by atoms with Crippen LogP contribution >= 0.6 is 7.60 Å². The van der Waals surface area contributed by atoms with E-state index in [1.807, 2.05) is 12.1 Å². The zero-order valence-electron chi connectivity index (χ0n) is 18.0. The van der Waals surface area contributed by atoms with Crippen molar-refractivity contribution in [2.75, 3.05) is 12.4 Å². The van der Waals surface area contributed by atoms with E-state index in [0.717, 1.165) is 0 Å². The molecule has 4 aromatic carbocycles. The van der Waals surface area contributed by atoms with E-state index in [1.165, 1.54) is 0 Å². The fourth-order valence-electron chi connectivity index (χ4n) is 3.28. The predicted octanol–water partition coefficient (Wildman–Crippen LogP) is 6.86. The molecule has 6 nitrogen and oxygen atoms in total. The molecule has 0 heterocycles. The number of phenols is 1. The third-order valence-corrected chi connectivity index (χ3v) is 6.86. The minimum atomic E-state index is -3.99. The average Bonchev–Trinajstić information content (AvgIpc) is 2.84. The molecule has 0 saturated carbocycles. The largest absolute Gasteiger partial charge is 0.506 e. The highest BCUT2D eigenvalue weighted by Crippen LogP contribution is 2.60. The van der Waals surface area contributed by atoms with Gasteiger partial charge in [0.2, 0.25) is 0 Å². The highest BCUT2D eigenvalue weighted by molar-refractivity contribution is 7.55. The summed E-state index contributed by atoms with van der Waals surface area (Å²) in [5.41, 5.74) is 0.992. The maximum atomic E-state index is 14.5. The first kappa shape index (κ1) is 22.3. The lowest BCUT2D eigenvalue weighted by Gasteiger charge is -2.29. The van der Waals surface area contributed by atoms with Gasteiger partial charge in [-0.1, -0.05) is 60.7 Å².